The van der Waals surface area contributed by atoms with Gasteiger partial charge in [-0.15, -0.1) is 11.6 Å². The van der Waals surface area contributed by atoms with Gasteiger partial charge in [0, 0.05) is 23.5 Å². The second-order valence-corrected chi connectivity index (χ2v) is 12.4. The van der Waals surface area contributed by atoms with E-state index in [0.717, 1.165) is 41.8 Å². The van der Waals surface area contributed by atoms with Crippen LogP contribution in [-0.4, -0.2) is 28.4 Å². The highest BCUT2D eigenvalue weighted by Crippen LogP contribution is 2.39. The average Bonchev–Trinajstić information content (AvgIpc) is 2.77. The van der Waals surface area contributed by atoms with Crippen molar-refractivity contribution < 1.29 is 0 Å². The lowest BCUT2D eigenvalue weighted by molar-refractivity contribution is 0.00813. The Balaban J connectivity index is 1.32. The third-order valence-corrected chi connectivity index (χ3v) is 9.77. The average molecular weight is 434 g/mol. The number of nitrogens with zero attached hydrogens (tertiary/aromatic N) is 1. The summed E-state index contributed by atoms with van der Waals surface area (Å²) in [6.07, 6.45) is 27.7. The van der Waals surface area contributed by atoms with Crippen molar-refractivity contribution in [3.05, 3.63) is 12.2 Å². The van der Waals surface area contributed by atoms with E-state index in [-0.39, 0.29) is 0 Å². The smallest absolute Gasteiger partial charge is 0.0336 e. The standard InChI is InChI=1S/C28H48ClN/c1-21-3-15-26(16-4-21)30(27-17-5-22(2)6-18-27)28-19-11-24(12-20-28)8-7-23-9-13-25(29)14-10-23/h7-8,21-28H,3-6,9-20H2,1-2H3. The molecule has 30 heavy (non-hydrogen) atoms. The fraction of sp³-hybridized carbons (Fsp3) is 0.929. The van der Waals surface area contributed by atoms with Gasteiger partial charge in [-0.25, -0.2) is 0 Å². The van der Waals surface area contributed by atoms with Crippen LogP contribution in [0.2, 0.25) is 0 Å². The van der Waals surface area contributed by atoms with E-state index in [9.17, 15) is 0 Å². The summed E-state index contributed by atoms with van der Waals surface area (Å²) in [5, 5.41) is 0.446. The van der Waals surface area contributed by atoms with Crippen molar-refractivity contribution in [3.63, 3.8) is 0 Å². The molecule has 2 heteroatoms. The van der Waals surface area contributed by atoms with Crippen LogP contribution in [0.4, 0.5) is 0 Å². The van der Waals surface area contributed by atoms with Gasteiger partial charge in [0.15, 0.2) is 0 Å². The van der Waals surface area contributed by atoms with Crippen LogP contribution < -0.4 is 0 Å². The van der Waals surface area contributed by atoms with E-state index in [1.165, 1.54) is 103 Å². The van der Waals surface area contributed by atoms with Crippen LogP contribution in [0.5, 0.6) is 0 Å². The molecule has 4 fully saturated rings. The summed E-state index contributed by atoms with van der Waals surface area (Å²) in [4.78, 5) is 3.12. The third kappa shape index (κ3) is 6.28. The maximum absolute atomic E-state index is 6.29. The molecule has 0 aromatic rings. The number of hydrogen-bond donors (Lipinski definition) is 0. The van der Waals surface area contributed by atoms with Crippen LogP contribution in [0, 0.1) is 23.7 Å². The summed E-state index contributed by atoms with van der Waals surface area (Å²) in [5.41, 5.74) is 0. The molecule has 0 aromatic heterocycles. The fourth-order valence-electron chi connectivity index (χ4n) is 7.15. The van der Waals surface area contributed by atoms with Crippen molar-refractivity contribution in [3.8, 4) is 0 Å². The summed E-state index contributed by atoms with van der Waals surface area (Å²) in [5.74, 6) is 3.57. The fourth-order valence-corrected chi connectivity index (χ4v) is 7.41. The van der Waals surface area contributed by atoms with Gasteiger partial charge in [0.25, 0.3) is 0 Å². The van der Waals surface area contributed by atoms with Crippen molar-refractivity contribution in [1.29, 1.82) is 0 Å². The van der Waals surface area contributed by atoms with Gasteiger partial charge >= 0.3 is 0 Å². The molecule has 0 aliphatic heterocycles. The first-order chi connectivity index (χ1) is 14.6. The molecule has 0 bridgehead atoms. The highest BCUT2D eigenvalue weighted by atomic mass is 35.5. The van der Waals surface area contributed by atoms with Crippen LogP contribution in [0.25, 0.3) is 0 Å². The summed E-state index contributed by atoms with van der Waals surface area (Å²) in [6.45, 7) is 4.94. The quantitative estimate of drug-likeness (QED) is 0.311. The molecule has 0 unspecified atom stereocenters. The molecule has 0 saturated heterocycles. The Morgan fingerprint density at radius 3 is 1.23 bits per heavy atom. The third-order valence-electron chi connectivity index (χ3n) is 9.33. The van der Waals surface area contributed by atoms with Crippen LogP contribution in [0.15, 0.2) is 12.2 Å². The van der Waals surface area contributed by atoms with Crippen molar-refractivity contribution >= 4 is 11.6 Å². The zero-order valence-electron chi connectivity index (χ0n) is 19.9. The van der Waals surface area contributed by atoms with Crippen molar-refractivity contribution in [2.75, 3.05) is 0 Å². The van der Waals surface area contributed by atoms with Gasteiger partial charge in [0.2, 0.25) is 0 Å². The SMILES string of the molecule is CC1CCC(N(C2CCC(C)CC2)C2CCC(C=CC3CCC(Cl)CC3)CC2)CC1. The Morgan fingerprint density at radius 1 is 0.500 bits per heavy atom. The second kappa shape index (κ2) is 11.2. The van der Waals surface area contributed by atoms with E-state index in [0.29, 0.717) is 5.38 Å². The van der Waals surface area contributed by atoms with Crippen molar-refractivity contribution in [2.45, 2.75) is 140 Å². The van der Waals surface area contributed by atoms with E-state index >= 15 is 0 Å². The van der Waals surface area contributed by atoms with Crippen LogP contribution in [-0.2, 0) is 0 Å². The highest BCUT2D eigenvalue weighted by Gasteiger charge is 2.37. The summed E-state index contributed by atoms with van der Waals surface area (Å²) in [6, 6.07) is 2.66. The summed E-state index contributed by atoms with van der Waals surface area (Å²) >= 11 is 6.29. The predicted octanol–water partition coefficient (Wildman–Crippen LogP) is 8.36. The van der Waals surface area contributed by atoms with E-state index in [4.69, 9.17) is 11.6 Å². The zero-order valence-corrected chi connectivity index (χ0v) is 20.7. The van der Waals surface area contributed by atoms with Crippen molar-refractivity contribution in [2.24, 2.45) is 23.7 Å². The van der Waals surface area contributed by atoms with Gasteiger partial charge in [0.1, 0.15) is 0 Å². The first-order valence-corrected chi connectivity index (χ1v) is 14.1. The minimum absolute atomic E-state index is 0.446. The molecule has 0 spiro atoms. The minimum Gasteiger partial charge on any atom is -0.294 e. The van der Waals surface area contributed by atoms with Gasteiger partial charge < -0.3 is 0 Å². The molecular formula is C28H48ClN. The number of rotatable bonds is 5. The first kappa shape index (κ1) is 23.2. The molecule has 172 valence electrons. The van der Waals surface area contributed by atoms with E-state index < -0.39 is 0 Å². The molecule has 0 amide bonds. The largest absolute Gasteiger partial charge is 0.294 e. The lowest BCUT2D eigenvalue weighted by atomic mass is 9.78. The van der Waals surface area contributed by atoms with Crippen LogP contribution in [0.1, 0.15) is 117 Å². The van der Waals surface area contributed by atoms with Gasteiger partial charge in [-0.2, -0.15) is 0 Å². The van der Waals surface area contributed by atoms with E-state index in [1.807, 2.05) is 0 Å². The first-order valence-electron chi connectivity index (χ1n) is 13.7. The Hall–Kier alpha value is -0.0100. The number of alkyl halides is 1. The zero-order chi connectivity index (χ0) is 20.9. The summed E-state index contributed by atoms with van der Waals surface area (Å²) < 4.78 is 0. The number of hydrogen-bond acceptors (Lipinski definition) is 1. The Bertz CT molecular complexity index is 491. The second-order valence-electron chi connectivity index (χ2n) is 11.7. The van der Waals surface area contributed by atoms with Crippen molar-refractivity contribution in [1.82, 2.24) is 4.90 Å². The maximum atomic E-state index is 6.29. The molecular weight excluding hydrogens is 386 g/mol. The van der Waals surface area contributed by atoms with Gasteiger partial charge in [0.05, 0.1) is 0 Å². The van der Waals surface area contributed by atoms with Gasteiger partial charge in [-0.3, -0.25) is 4.90 Å². The topological polar surface area (TPSA) is 3.24 Å². The molecule has 1 nitrogen and oxygen atoms in total. The Labute approximate surface area is 192 Å². The molecule has 0 heterocycles. The molecule has 4 rings (SSSR count). The Morgan fingerprint density at radius 2 is 0.833 bits per heavy atom. The van der Waals surface area contributed by atoms with Gasteiger partial charge in [-0.1, -0.05) is 26.0 Å². The lowest BCUT2D eigenvalue weighted by Crippen LogP contribution is -2.52. The Kier molecular flexibility index (Phi) is 8.66. The molecule has 0 N–H and O–H groups in total. The number of allylic oxidation sites excluding steroid dienone is 2. The monoisotopic (exact) mass is 433 g/mol. The molecule has 0 atom stereocenters. The maximum Gasteiger partial charge on any atom is 0.0336 e. The van der Waals surface area contributed by atoms with Gasteiger partial charge in [-0.05, 0) is 126 Å². The normalized spacial score (nSPS) is 43.9. The van der Waals surface area contributed by atoms with E-state index in [1.54, 1.807) is 0 Å². The molecule has 4 aliphatic carbocycles. The van der Waals surface area contributed by atoms with Crippen LogP contribution in [0.3, 0.4) is 0 Å². The minimum atomic E-state index is 0.446. The molecule has 0 aromatic carbocycles. The molecule has 4 saturated carbocycles. The molecule has 0 radical (unpaired) electrons. The predicted molar refractivity (Wildman–Crippen MR) is 131 cm³/mol. The highest BCUT2D eigenvalue weighted by molar-refractivity contribution is 6.20. The lowest BCUT2D eigenvalue weighted by Gasteiger charge is -2.49. The summed E-state index contributed by atoms with van der Waals surface area (Å²) in [7, 11) is 0. The molecule has 4 aliphatic rings. The van der Waals surface area contributed by atoms with Crippen LogP contribution >= 0.6 is 11.6 Å². The van der Waals surface area contributed by atoms with E-state index in [2.05, 4.69) is 30.9 Å². The number of halogens is 1.